The summed E-state index contributed by atoms with van der Waals surface area (Å²) in [6.07, 6.45) is -5.09. The van der Waals surface area contributed by atoms with Gasteiger partial charge in [-0.25, -0.2) is 4.79 Å². The summed E-state index contributed by atoms with van der Waals surface area (Å²) in [5, 5.41) is 7.93. The van der Waals surface area contributed by atoms with Gasteiger partial charge in [0, 0.05) is 13.2 Å². The Balaban J connectivity index is 0.000000302. The third kappa shape index (κ3) is 33.7. The summed E-state index contributed by atoms with van der Waals surface area (Å²) in [6, 6.07) is 103. The molecule has 12 rings (SSSR count). The van der Waals surface area contributed by atoms with E-state index in [2.05, 4.69) is 108 Å². The van der Waals surface area contributed by atoms with Gasteiger partial charge in [0.2, 0.25) is 0 Å². The van der Waals surface area contributed by atoms with Crippen LogP contribution in [0.25, 0.3) is 0 Å². The number of ether oxygens (including phenoxy) is 10. The molecule has 0 bridgehead atoms. The van der Waals surface area contributed by atoms with Gasteiger partial charge in [-0.15, -0.1) is 0 Å². The monoisotopic (exact) mass is 1490 g/mol. The van der Waals surface area contributed by atoms with Crippen LogP contribution >= 0.6 is 0 Å². The van der Waals surface area contributed by atoms with Crippen LogP contribution < -0.4 is 18.9 Å². The maximum atomic E-state index is 13.4. The van der Waals surface area contributed by atoms with E-state index in [9.17, 15) is 4.79 Å². The molecule has 0 aliphatic carbocycles. The second-order valence-corrected chi connectivity index (χ2v) is 31.4. The summed E-state index contributed by atoms with van der Waals surface area (Å²) in [7, 11) is -1.40. The van der Waals surface area contributed by atoms with Gasteiger partial charge in [0.15, 0.2) is 20.5 Å². The van der Waals surface area contributed by atoms with Gasteiger partial charge in [0.05, 0.1) is 66.1 Å². The first-order chi connectivity index (χ1) is 52.8. The molecule has 2 saturated heterocycles. The van der Waals surface area contributed by atoms with Crippen LogP contribution in [0.15, 0.2) is 303 Å². The van der Waals surface area contributed by atoms with E-state index < -0.39 is 69.2 Å². The molecule has 0 radical (unpaired) electrons. The summed E-state index contributed by atoms with van der Waals surface area (Å²) in [5.41, 5.74) is 9.36. The van der Waals surface area contributed by atoms with E-state index in [1.165, 1.54) is 0 Å². The summed E-state index contributed by atoms with van der Waals surface area (Å²) in [6.45, 7) is 27.7. The molecule has 2 fully saturated rings. The van der Waals surface area contributed by atoms with Crippen molar-refractivity contribution < 1.29 is 80.6 Å². The van der Waals surface area contributed by atoms with Crippen molar-refractivity contribution in [2.75, 3.05) is 26.4 Å². The number of aliphatic hydroxyl groups is 1. The van der Waals surface area contributed by atoms with Gasteiger partial charge < -0.3 is 56.9 Å². The van der Waals surface area contributed by atoms with E-state index >= 15 is 0 Å². The molecule has 10 aromatic rings. The standard InChI is InChI=1S/C40H40O5.C34H34O6.C8H20OSi.C6H5.C2H6O.2C2H6.Li/c1-6-16-31(17-7-1)26-41-30-36-38(42-27-32-18-8-2-9-19-32)40(44-29-34-22-12-4-13-23-34)39(43-28-33-20-10-3-11-21-33)37(45-36)35-24-14-5-15-25-35;35-34-33(39-24-29-19-11-4-12-20-29)32(38-23-28-17-9-3-10-18-28)31(37-22-27-15-7-2-8-16-27)30(40-34)25-36-21-26-13-5-1-6-14-26;1-7-9-10(5,6)8(2,3)4;1-2-4-6-5-3-1;1-2-3;2*1-2;/h1-25,36-40H,26-30H2;1-20,30-33H,21-25H2;7H2,1-6H3;1-5H;3H,2H2,1H3;2*1-2H3;/q;;;-1;;;;+1/t36-,37+,38-,39+,40+;30-,31-,32+,33-;;;;;;/m11....../s1. The van der Waals surface area contributed by atoms with Crippen molar-refractivity contribution in [2.24, 2.45) is 0 Å². The summed E-state index contributed by atoms with van der Waals surface area (Å²) >= 11 is 0. The van der Waals surface area contributed by atoms with Gasteiger partial charge in [-0.05, 0) is 82.1 Å². The molecule has 15 heteroatoms. The third-order valence-corrected chi connectivity index (χ3v) is 22.3. The van der Waals surface area contributed by atoms with Crippen molar-refractivity contribution >= 4 is 14.3 Å². The molecule has 13 nitrogen and oxygen atoms in total. The van der Waals surface area contributed by atoms with Crippen molar-refractivity contribution in [1.29, 1.82) is 0 Å². The number of benzene rings is 10. The number of carbonyl (C=O) groups excluding carboxylic acids is 1. The Bertz CT molecular complexity index is 3780. The second-order valence-electron chi connectivity index (χ2n) is 26.6. The minimum Gasteiger partial charge on any atom is -0.455 e. The minimum absolute atomic E-state index is 0. The predicted molar refractivity (Wildman–Crippen MR) is 436 cm³/mol. The zero-order valence-electron chi connectivity index (χ0n) is 66.4. The van der Waals surface area contributed by atoms with Gasteiger partial charge in [0.25, 0.3) is 0 Å². The molecule has 9 atom stereocenters. The van der Waals surface area contributed by atoms with E-state index in [1.807, 2.05) is 270 Å². The van der Waals surface area contributed by atoms with Gasteiger partial charge in [0.1, 0.15) is 42.7 Å². The largest absolute Gasteiger partial charge is 1.00 e. The Morgan fingerprint density at radius 3 is 0.954 bits per heavy atom. The number of cyclic esters (lactones) is 1. The van der Waals surface area contributed by atoms with Crippen molar-refractivity contribution in [2.45, 2.75) is 188 Å². The quantitative estimate of drug-likeness (QED) is 0.0271. The van der Waals surface area contributed by atoms with Crippen LogP contribution in [0.2, 0.25) is 18.1 Å². The van der Waals surface area contributed by atoms with Gasteiger partial charge in [-0.1, -0.05) is 321 Å². The molecule has 2 aliphatic heterocycles. The fourth-order valence-electron chi connectivity index (χ4n) is 11.3. The topological polar surface area (TPSA) is 139 Å². The van der Waals surface area contributed by atoms with E-state index in [0.717, 1.165) is 56.7 Å². The summed E-state index contributed by atoms with van der Waals surface area (Å²) in [4.78, 5) is 13.4. The number of hydrogen-bond acceptors (Lipinski definition) is 13. The SMILES string of the molecule is CC.CC.CCO.CCO[Si](C)(C)C(C)(C)C.O=C1O[C@H](COCc2ccccc2)[C@@H](OCc2ccccc2)[C@H](OCc2ccccc2)[C@H]1OCc1ccccc1.[Li+].[c-]1ccccc1.c1ccc(COC[C@H]2O[C@@H](c3ccccc3)[C@H](OCc3ccccc3)[C@@H](OCc3ccccc3)[C@@H]2OCc2ccccc2)cc1. The molecule has 2 heterocycles. The number of esters is 1. The van der Waals surface area contributed by atoms with Crippen LogP contribution in [-0.2, 0) is 109 Å². The maximum absolute atomic E-state index is 13.4. The smallest absolute Gasteiger partial charge is 0.455 e. The van der Waals surface area contributed by atoms with Crippen LogP contribution in [0.1, 0.15) is 118 Å². The maximum Gasteiger partial charge on any atom is 1.00 e. The van der Waals surface area contributed by atoms with Crippen LogP contribution in [0, 0.1) is 6.07 Å². The molecule has 1 N–H and O–H groups in total. The molecule has 10 aromatic carbocycles. The van der Waals surface area contributed by atoms with Crippen LogP contribution in [0.4, 0.5) is 0 Å². The molecule has 0 aromatic heterocycles. The second kappa shape index (κ2) is 53.8. The Kier molecular flexibility index (Phi) is 45.3. The fourth-order valence-corrected chi connectivity index (χ4v) is 12.4. The third-order valence-electron chi connectivity index (χ3n) is 17.7. The summed E-state index contributed by atoms with van der Waals surface area (Å²) < 4.78 is 70.3. The van der Waals surface area contributed by atoms with E-state index in [-0.39, 0.29) is 38.7 Å². The van der Waals surface area contributed by atoms with Gasteiger partial charge in [-0.2, -0.15) is 36.4 Å². The average molecular weight is 1490 g/mol. The Morgan fingerprint density at radius 1 is 0.376 bits per heavy atom. The first kappa shape index (κ1) is 91.7. The van der Waals surface area contributed by atoms with Gasteiger partial charge in [-0.3, -0.25) is 0 Å². The van der Waals surface area contributed by atoms with E-state index in [4.69, 9.17) is 56.9 Å². The van der Waals surface area contributed by atoms with Crippen LogP contribution in [0.3, 0.4) is 0 Å². The molecule has 0 amide bonds. The van der Waals surface area contributed by atoms with Crippen molar-refractivity contribution in [3.05, 3.63) is 359 Å². The van der Waals surface area contributed by atoms with Crippen LogP contribution in [-0.4, -0.2) is 94.7 Å². The first-order valence-electron chi connectivity index (χ1n) is 38.1. The Morgan fingerprint density at radius 2 is 0.651 bits per heavy atom. The fraction of sp³-hybridized carbons (Fsp3) is 0.351. The zero-order valence-corrected chi connectivity index (χ0v) is 67.4. The first-order valence-corrected chi connectivity index (χ1v) is 41.0. The molecular weight excluding hydrogens is 1370 g/mol. The molecule has 0 spiro atoms. The minimum atomic E-state index is -1.40. The molecule has 0 unspecified atom stereocenters. The molecule has 109 heavy (non-hydrogen) atoms. The van der Waals surface area contributed by atoms with Crippen LogP contribution in [0.5, 0.6) is 0 Å². The Hall–Kier alpha value is -7.96. The normalized spacial score (nSPS) is 18.4. The molecular formula is C94H117LiO13Si. The zero-order chi connectivity index (χ0) is 77.3. The van der Waals surface area contributed by atoms with Crippen molar-refractivity contribution in [1.82, 2.24) is 0 Å². The van der Waals surface area contributed by atoms with Crippen molar-refractivity contribution in [3.63, 3.8) is 0 Å². The number of hydrogen-bond donors (Lipinski definition) is 1. The number of carbonyl (C=O) groups is 1. The average Bonchev–Trinajstić information content (AvgIpc) is 0.779. The van der Waals surface area contributed by atoms with Gasteiger partial charge >= 0.3 is 24.8 Å². The Labute approximate surface area is 664 Å². The van der Waals surface area contributed by atoms with E-state index in [0.29, 0.717) is 57.9 Å². The van der Waals surface area contributed by atoms with E-state index in [1.54, 1.807) is 6.92 Å². The van der Waals surface area contributed by atoms with Crippen molar-refractivity contribution in [3.8, 4) is 0 Å². The molecule has 2 aliphatic rings. The predicted octanol–water partition coefficient (Wildman–Crippen LogP) is 17.6. The molecule has 576 valence electrons. The molecule has 0 saturated carbocycles. The number of rotatable bonds is 29. The number of aliphatic hydroxyl groups excluding tert-OH is 1. The summed E-state index contributed by atoms with van der Waals surface area (Å²) in [5.74, 6) is -0.484.